The minimum absolute atomic E-state index is 0. The number of carbonyl (C=O) groups excluding carboxylic acids is 1. The van der Waals surface area contributed by atoms with Crippen LogP contribution < -0.4 is 4.90 Å². The van der Waals surface area contributed by atoms with Crippen LogP contribution in [0.3, 0.4) is 0 Å². The minimum atomic E-state index is -1.36. The molecule has 1 fully saturated rings. The van der Waals surface area contributed by atoms with E-state index in [1.54, 1.807) is 15.5 Å². The molecule has 1 amide bonds. The standard InChI is InChI=1S/C28H21ClF2N2O3S.Na.H/c29-19-11-10-18-26(24(19)31)33(14-22(34)32-13-12-15-4-1-2-6-20(15)32)25(16-8-9-16)27(18)37-21-7-3-5-17(23(21)30)28(35)36;;/h1-7,10-11,16H,8-9,12-14H2,(H,35,36);;. The van der Waals surface area contributed by atoms with E-state index in [0.29, 0.717) is 16.8 Å². The van der Waals surface area contributed by atoms with Gasteiger partial charge in [-0.15, -0.1) is 0 Å². The molecular weight excluding hydrogens is 541 g/mol. The van der Waals surface area contributed by atoms with Crippen LogP contribution in [0.1, 0.15) is 40.4 Å². The zero-order valence-electron chi connectivity index (χ0n) is 19.5. The number of aromatic carboxylic acids is 1. The Morgan fingerprint density at radius 3 is 2.53 bits per heavy atom. The van der Waals surface area contributed by atoms with Crippen molar-refractivity contribution in [2.75, 3.05) is 11.4 Å². The molecule has 4 aromatic rings. The van der Waals surface area contributed by atoms with Gasteiger partial charge in [-0.25, -0.2) is 13.6 Å². The summed E-state index contributed by atoms with van der Waals surface area (Å²) in [5, 5.41) is 9.82. The van der Waals surface area contributed by atoms with E-state index in [0.717, 1.165) is 48.0 Å². The van der Waals surface area contributed by atoms with Gasteiger partial charge in [0.25, 0.3) is 0 Å². The number of halogens is 3. The molecule has 38 heavy (non-hydrogen) atoms. The summed E-state index contributed by atoms with van der Waals surface area (Å²) in [5.74, 6) is -2.93. The number of fused-ring (bicyclic) bond motifs is 2. The molecule has 1 aliphatic carbocycles. The molecule has 0 bridgehead atoms. The second-order valence-corrected chi connectivity index (χ2v) is 10.7. The molecule has 1 aromatic heterocycles. The van der Waals surface area contributed by atoms with Crippen molar-refractivity contribution in [3.05, 3.63) is 88.1 Å². The molecule has 0 spiro atoms. The summed E-state index contributed by atoms with van der Waals surface area (Å²) in [5.41, 5.74) is 2.47. The van der Waals surface area contributed by atoms with Crippen LogP contribution in [-0.4, -0.2) is 57.7 Å². The van der Waals surface area contributed by atoms with Crippen LogP contribution in [0, 0.1) is 11.6 Å². The second-order valence-electron chi connectivity index (χ2n) is 9.28. The second kappa shape index (κ2) is 10.7. The van der Waals surface area contributed by atoms with Gasteiger partial charge in [0.2, 0.25) is 5.91 Å². The fourth-order valence-corrected chi connectivity index (χ4v) is 6.46. The maximum atomic E-state index is 15.6. The van der Waals surface area contributed by atoms with Gasteiger partial charge in [0.1, 0.15) is 6.54 Å². The van der Waals surface area contributed by atoms with Gasteiger partial charge in [0, 0.05) is 39.0 Å². The van der Waals surface area contributed by atoms with Crippen LogP contribution in [0.2, 0.25) is 5.02 Å². The number of hydrogen-bond donors (Lipinski definition) is 1. The summed E-state index contributed by atoms with van der Waals surface area (Å²) in [7, 11) is 0. The first kappa shape index (κ1) is 27.2. The van der Waals surface area contributed by atoms with Gasteiger partial charge in [-0.3, -0.25) is 4.79 Å². The zero-order valence-corrected chi connectivity index (χ0v) is 21.1. The number of benzene rings is 3. The number of carboxylic acid groups (broad SMARTS) is 1. The third-order valence-electron chi connectivity index (χ3n) is 6.96. The van der Waals surface area contributed by atoms with Crippen LogP contribution in [0.4, 0.5) is 14.5 Å². The molecule has 1 saturated carbocycles. The van der Waals surface area contributed by atoms with Crippen molar-refractivity contribution < 1.29 is 23.5 Å². The van der Waals surface area contributed by atoms with Crippen molar-refractivity contribution in [2.45, 2.75) is 41.5 Å². The van der Waals surface area contributed by atoms with Crippen LogP contribution in [0.25, 0.3) is 10.9 Å². The Balaban J connectivity index is 0.00000294. The van der Waals surface area contributed by atoms with Crippen molar-refractivity contribution in [1.82, 2.24) is 4.57 Å². The molecule has 1 aliphatic heterocycles. The van der Waals surface area contributed by atoms with Crippen molar-refractivity contribution in [2.24, 2.45) is 0 Å². The Hall–Kier alpha value is -2.36. The topological polar surface area (TPSA) is 62.5 Å². The Kier molecular flexibility index (Phi) is 7.64. The van der Waals surface area contributed by atoms with Crippen molar-refractivity contribution in [3.8, 4) is 0 Å². The Morgan fingerprint density at radius 1 is 1.03 bits per heavy atom. The average molecular weight is 563 g/mol. The van der Waals surface area contributed by atoms with E-state index in [2.05, 4.69) is 0 Å². The predicted molar refractivity (Wildman–Crippen MR) is 146 cm³/mol. The number of carboxylic acids is 1. The predicted octanol–water partition coefficient (Wildman–Crippen LogP) is 6.24. The summed E-state index contributed by atoms with van der Waals surface area (Å²) >= 11 is 7.23. The Bertz CT molecular complexity index is 1610. The molecule has 190 valence electrons. The SMILES string of the molecule is O=C(O)c1cccc(Sc2c(C3CC3)n(CC(=O)N3CCc4ccccc43)c3c(F)c(Cl)ccc23)c1F.[NaH]. The molecule has 10 heteroatoms. The van der Waals surface area contributed by atoms with E-state index < -0.39 is 23.2 Å². The van der Waals surface area contributed by atoms with Crippen molar-refractivity contribution in [3.63, 3.8) is 0 Å². The van der Waals surface area contributed by atoms with E-state index >= 15 is 8.78 Å². The van der Waals surface area contributed by atoms with Gasteiger partial charge < -0.3 is 14.6 Å². The first-order chi connectivity index (χ1) is 17.8. The number of aromatic nitrogens is 1. The van der Waals surface area contributed by atoms with Gasteiger partial charge in [-0.05, 0) is 55.2 Å². The van der Waals surface area contributed by atoms with Gasteiger partial charge in [0.05, 0.1) is 16.1 Å². The van der Waals surface area contributed by atoms with Gasteiger partial charge in [0.15, 0.2) is 11.6 Å². The number of amides is 1. The molecule has 5 nitrogen and oxygen atoms in total. The Labute approximate surface area is 249 Å². The molecule has 2 heterocycles. The molecule has 6 rings (SSSR count). The third-order valence-corrected chi connectivity index (χ3v) is 8.42. The number of nitrogens with zero attached hydrogens (tertiary/aromatic N) is 2. The molecule has 0 saturated heterocycles. The van der Waals surface area contributed by atoms with Crippen molar-refractivity contribution >= 4 is 81.4 Å². The van der Waals surface area contributed by atoms with Crippen LogP contribution in [0.5, 0.6) is 0 Å². The molecular formula is C28H22ClF2N2NaO3S. The normalized spacial score (nSPS) is 14.4. The maximum absolute atomic E-state index is 15.6. The summed E-state index contributed by atoms with van der Waals surface area (Å²) in [6.07, 6.45) is 2.47. The zero-order chi connectivity index (χ0) is 25.8. The van der Waals surface area contributed by atoms with E-state index in [9.17, 15) is 14.7 Å². The number of carbonyl (C=O) groups is 2. The van der Waals surface area contributed by atoms with Gasteiger partial charge in [-0.2, -0.15) is 0 Å². The van der Waals surface area contributed by atoms with Gasteiger partial charge in [-0.1, -0.05) is 47.6 Å². The molecule has 0 unspecified atom stereocenters. The fourth-order valence-electron chi connectivity index (χ4n) is 5.08. The van der Waals surface area contributed by atoms with E-state index in [4.69, 9.17) is 11.6 Å². The molecule has 2 aliphatic rings. The van der Waals surface area contributed by atoms with Crippen LogP contribution in [0.15, 0.2) is 64.4 Å². The van der Waals surface area contributed by atoms with Crippen molar-refractivity contribution in [1.29, 1.82) is 0 Å². The average Bonchev–Trinajstić information content (AvgIpc) is 3.54. The van der Waals surface area contributed by atoms with Crippen LogP contribution >= 0.6 is 23.4 Å². The first-order valence-electron chi connectivity index (χ1n) is 11.9. The summed E-state index contributed by atoms with van der Waals surface area (Å²) in [6.45, 7) is 0.459. The fraction of sp³-hybridized carbons (Fsp3) is 0.214. The summed E-state index contributed by atoms with van der Waals surface area (Å²) < 4.78 is 32.3. The van der Waals surface area contributed by atoms with Gasteiger partial charge >= 0.3 is 35.5 Å². The quantitative estimate of drug-likeness (QED) is 0.283. The molecule has 0 radical (unpaired) electrons. The van der Waals surface area contributed by atoms with Crippen LogP contribution in [-0.2, 0) is 17.8 Å². The first-order valence-corrected chi connectivity index (χ1v) is 13.1. The van der Waals surface area contributed by atoms with E-state index in [-0.39, 0.29) is 63.4 Å². The number of anilines is 1. The third kappa shape index (κ3) is 4.67. The van der Waals surface area contributed by atoms with E-state index in [1.165, 1.54) is 24.3 Å². The molecule has 3 aromatic carbocycles. The number of para-hydroxylation sites is 1. The summed E-state index contributed by atoms with van der Waals surface area (Å²) in [6, 6.07) is 15.1. The summed E-state index contributed by atoms with van der Waals surface area (Å²) in [4.78, 5) is 27.5. The monoisotopic (exact) mass is 562 g/mol. The number of hydrogen-bond acceptors (Lipinski definition) is 3. The molecule has 0 atom stereocenters. The number of rotatable bonds is 6. The van der Waals surface area contributed by atoms with E-state index in [1.807, 2.05) is 24.3 Å². The Morgan fingerprint density at radius 2 is 1.79 bits per heavy atom. The molecule has 1 N–H and O–H groups in total.